The van der Waals surface area contributed by atoms with Crippen molar-refractivity contribution >= 4 is 22.7 Å². The Morgan fingerprint density at radius 1 is 1.12 bits per heavy atom. The van der Waals surface area contributed by atoms with E-state index in [4.69, 9.17) is 13.9 Å². The lowest BCUT2D eigenvalue weighted by Gasteiger charge is -2.28. The van der Waals surface area contributed by atoms with Crippen LogP contribution in [-0.2, 0) is 4.79 Å². The molecule has 0 spiro atoms. The molecule has 0 aliphatic carbocycles. The van der Waals surface area contributed by atoms with Gasteiger partial charge in [-0.25, -0.2) is 0 Å². The van der Waals surface area contributed by atoms with Crippen molar-refractivity contribution in [3.63, 3.8) is 0 Å². The van der Waals surface area contributed by atoms with Gasteiger partial charge in [0.25, 0.3) is 5.91 Å². The average Bonchev–Trinajstić information content (AvgIpc) is 3.37. The standard InChI is InChI=1S/C26H28N2O6/c1-27(2)13-8-14-28-22(17-10-7-12-19(32-3)25(17)33-4)21(24(30)26(28)31)23(29)20-15-16-9-5-6-11-18(16)34-20/h5-7,9-12,15,22,30H,8,13-14H2,1-4H3. The van der Waals surface area contributed by atoms with Crippen molar-refractivity contribution in [1.29, 1.82) is 0 Å². The molecule has 2 heterocycles. The van der Waals surface area contributed by atoms with Crippen molar-refractivity contribution in [3.05, 3.63) is 71.2 Å². The van der Waals surface area contributed by atoms with E-state index in [2.05, 4.69) is 0 Å². The summed E-state index contributed by atoms with van der Waals surface area (Å²) in [5, 5.41) is 11.7. The highest BCUT2D eigenvalue weighted by Crippen LogP contribution is 2.45. The summed E-state index contributed by atoms with van der Waals surface area (Å²) in [5.41, 5.74) is 1.05. The summed E-state index contributed by atoms with van der Waals surface area (Å²) in [6.07, 6.45) is 0.654. The number of hydrogen-bond acceptors (Lipinski definition) is 7. The largest absolute Gasteiger partial charge is 0.503 e. The minimum atomic E-state index is -0.861. The molecule has 3 aromatic rings. The fraction of sp³-hybridized carbons (Fsp3) is 0.308. The Bertz CT molecular complexity index is 1230. The van der Waals surface area contributed by atoms with Crippen LogP contribution in [-0.4, -0.2) is 68.0 Å². The number of ketones is 1. The fourth-order valence-electron chi connectivity index (χ4n) is 4.35. The number of rotatable bonds is 9. The lowest BCUT2D eigenvalue weighted by Crippen LogP contribution is -2.33. The molecule has 34 heavy (non-hydrogen) atoms. The SMILES string of the molecule is COc1cccc(C2C(C(=O)c3cc4ccccc4o3)=C(O)C(=O)N2CCCN(C)C)c1OC. The molecule has 0 bridgehead atoms. The zero-order valence-corrected chi connectivity index (χ0v) is 19.7. The monoisotopic (exact) mass is 464 g/mol. The number of nitrogens with zero attached hydrogens (tertiary/aromatic N) is 2. The van der Waals surface area contributed by atoms with Gasteiger partial charge in [-0.2, -0.15) is 0 Å². The van der Waals surface area contributed by atoms with Crippen molar-refractivity contribution in [1.82, 2.24) is 9.80 Å². The van der Waals surface area contributed by atoms with Gasteiger partial charge < -0.3 is 28.8 Å². The highest BCUT2D eigenvalue weighted by molar-refractivity contribution is 6.16. The molecule has 4 rings (SSSR count). The van der Waals surface area contributed by atoms with Gasteiger partial charge in [0.15, 0.2) is 23.0 Å². The van der Waals surface area contributed by atoms with Crippen LogP contribution in [0.25, 0.3) is 11.0 Å². The van der Waals surface area contributed by atoms with Gasteiger partial charge in [-0.15, -0.1) is 0 Å². The van der Waals surface area contributed by atoms with Gasteiger partial charge in [-0.1, -0.05) is 30.3 Å². The lowest BCUT2D eigenvalue weighted by atomic mass is 9.94. The van der Waals surface area contributed by atoms with Crippen LogP contribution in [0.5, 0.6) is 11.5 Å². The van der Waals surface area contributed by atoms with Gasteiger partial charge in [0.1, 0.15) is 5.58 Å². The Hall–Kier alpha value is -3.78. The number of para-hydroxylation sites is 2. The summed E-state index contributed by atoms with van der Waals surface area (Å²) in [5.74, 6) is -0.824. The van der Waals surface area contributed by atoms with Crippen LogP contribution in [0.4, 0.5) is 0 Å². The molecule has 8 heteroatoms. The zero-order chi connectivity index (χ0) is 24.4. The van der Waals surface area contributed by atoms with Crippen molar-refractivity contribution in [3.8, 4) is 11.5 Å². The van der Waals surface area contributed by atoms with Crippen molar-refractivity contribution in [2.45, 2.75) is 12.5 Å². The topological polar surface area (TPSA) is 92.5 Å². The minimum absolute atomic E-state index is 0.0412. The molecule has 1 amide bonds. The summed E-state index contributed by atoms with van der Waals surface area (Å²) in [7, 11) is 6.91. The third-order valence-corrected chi connectivity index (χ3v) is 5.93. The second-order valence-electron chi connectivity index (χ2n) is 8.38. The molecule has 0 saturated carbocycles. The molecule has 1 aliphatic rings. The van der Waals surface area contributed by atoms with E-state index in [0.29, 0.717) is 35.6 Å². The van der Waals surface area contributed by atoms with Gasteiger partial charge in [-0.05, 0) is 45.3 Å². The smallest absolute Gasteiger partial charge is 0.290 e. The number of ether oxygens (including phenoxy) is 2. The molecule has 1 N–H and O–H groups in total. The van der Waals surface area contributed by atoms with E-state index < -0.39 is 23.5 Å². The molecule has 2 aromatic carbocycles. The molecule has 0 saturated heterocycles. The molecule has 1 aliphatic heterocycles. The number of furan rings is 1. The van der Waals surface area contributed by atoms with Gasteiger partial charge in [-0.3, -0.25) is 9.59 Å². The van der Waals surface area contributed by atoms with E-state index in [1.807, 2.05) is 37.2 Å². The Balaban J connectivity index is 1.82. The van der Waals surface area contributed by atoms with Crippen LogP contribution < -0.4 is 9.47 Å². The number of benzene rings is 2. The summed E-state index contributed by atoms with van der Waals surface area (Å²) in [6, 6.07) is 13.3. The van der Waals surface area contributed by atoms with Gasteiger partial charge >= 0.3 is 0 Å². The van der Waals surface area contributed by atoms with E-state index in [-0.39, 0.29) is 11.3 Å². The molecule has 1 atom stereocenters. The maximum Gasteiger partial charge on any atom is 0.290 e. The Morgan fingerprint density at radius 3 is 2.56 bits per heavy atom. The number of aliphatic hydroxyl groups is 1. The molecule has 0 radical (unpaired) electrons. The van der Waals surface area contributed by atoms with Crippen LogP contribution >= 0.6 is 0 Å². The fourth-order valence-corrected chi connectivity index (χ4v) is 4.35. The van der Waals surface area contributed by atoms with E-state index in [1.165, 1.54) is 19.1 Å². The first-order chi connectivity index (χ1) is 16.4. The number of carbonyl (C=O) groups is 2. The quantitative estimate of drug-likeness (QED) is 0.479. The zero-order valence-electron chi connectivity index (χ0n) is 19.7. The summed E-state index contributed by atoms with van der Waals surface area (Å²) in [4.78, 5) is 30.4. The number of fused-ring (bicyclic) bond motifs is 1. The lowest BCUT2D eigenvalue weighted by molar-refractivity contribution is -0.129. The van der Waals surface area contributed by atoms with Crippen molar-refractivity contribution in [2.75, 3.05) is 41.4 Å². The molecular weight excluding hydrogens is 436 g/mol. The second kappa shape index (κ2) is 9.61. The number of amides is 1. The van der Waals surface area contributed by atoms with Crippen molar-refractivity contribution < 1.29 is 28.6 Å². The van der Waals surface area contributed by atoms with Gasteiger partial charge in [0, 0.05) is 17.5 Å². The van der Waals surface area contributed by atoms with Gasteiger partial charge in [0.05, 0.1) is 25.8 Å². The molecular formula is C26H28N2O6. The van der Waals surface area contributed by atoms with E-state index in [9.17, 15) is 14.7 Å². The highest BCUT2D eigenvalue weighted by Gasteiger charge is 2.45. The Morgan fingerprint density at radius 2 is 1.88 bits per heavy atom. The first-order valence-electron chi connectivity index (χ1n) is 11.0. The molecule has 0 fully saturated rings. The average molecular weight is 465 g/mol. The summed E-state index contributed by atoms with van der Waals surface area (Å²) in [6.45, 7) is 1.07. The van der Waals surface area contributed by atoms with Crippen LogP contribution in [0.3, 0.4) is 0 Å². The van der Waals surface area contributed by atoms with Crippen LogP contribution in [0, 0.1) is 0 Å². The predicted octanol–water partition coefficient (Wildman–Crippen LogP) is 3.98. The molecule has 178 valence electrons. The van der Waals surface area contributed by atoms with Crippen LogP contribution in [0.1, 0.15) is 28.6 Å². The van der Waals surface area contributed by atoms with Crippen molar-refractivity contribution in [2.24, 2.45) is 0 Å². The maximum absolute atomic E-state index is 13.7. The first-order valence-corrected chi connectivity index (χ1v) is 11.0. The van der Waals surface area contributed by atoms with Crippen LogP contribution in [0.2, 0.25) is 0 Å². The predicted molar refractivity (Wildman–Crippen MR) is 127 cm³/mol. The highest BCUT2D eigenvalue weighted by atomic mass is 16.5. The Kier molecular flexibility index (Phi) is 6.61. The molecule has 1 unspecified atom stereocenters. The second-order valence-corrected chi connectivity index (χ2v) is 8.38. The summed E-state index contributed by atoms with van der Waals surface area (Å²) < 4.78 is 16.8. The number of carbonyl (C=O) groups excluding carboxylic acids is 2. The number of hydrogen-bond donors (Lipinski definition) is 1. The number of methoxy groups -OCH3 is 2. The molecule has 1 aromatic heterocycles. The number of aliphatic hydroxyl groups excluding tert-OH is 1. The van der Waals surface area contributed by atoms with E-state index in [0.717, 1.165) is 11.9 Å². The normalized spacial score (nSPS) is 16.1. The third-order valence-electron chi connectivity index (χ3n) is 5.93. The maximum atomic E-state index is 13.7. The third kappa shape index (κ3) is 4.12. The Labute approximate surface area is 198 Å². The minimum Gasteiger partial charge on any atom is -0.503 e. The number of Topliss-reactive ketones (excluding diaryl/α,β-unsaturated/α-hetero) is 1. The summed E-state index contributed by atoms with van der Waals surface area (Å²) >= 11 is 0. The van der Waals surface area contributed by atoms with Gasteiger partial charge in [0.2, 0.25) is 5.78 Å². The first kappa shape index (κ1) is 23.4. The van der Waals surface area contributed by atoms with E-state index in [1.54, 1.807) is 30.3 Å². The van der Waals surface area contributed by atoms with Crippen LogP contribution in [0.15, 0.2) is 64.3 Å². The van der Waals surface area contributed by atoms with E-state index >= 15 is 0 Å². The molecule has 8 nitrogen and oxygen atoms in total.